The fourth-order valence-electron chi connectivity index (χ4n) is 2.83. The van der Waals surface area contributed by atoms with Gasteiger partial charge in [0, 0.05) is 32.4 Å². The van der Waals surface area contributed by atoms with Crippen LogP contribution in [0.4, 0.5) is 5.82 Å². The van der Waals surface area contributed by atoms with Crippen LogP contribution in [-0.4, -0.2) is 47.2 Å². The van der Waals surface area contributed by atoms with Gasteiger partial charge >= 0.3 is 0 Å². The molecule has 0 radical (unpaired) electrons. The molecule has 1 amide bonds. The standard InChI is InChI=1S/C17H21N5O/c18-16(14-6-2-1-3-7-14)17(23)22-11-5-10-21(12-13-22)15-8-4-9-19-20-15/h1-4,6-9,16H,5,10-13,18H2. The zero-order valence-corrected chi connectivity index (χ0v) is 13.0. The van der Waals surface area contributed by atoms with Gasteiger partial charge in [-0.1, -0.05) is 30.3 Å². The summed E-state index contributed by atoms with van der Waals surface area (Å²) in [5, 5.41) is 8.06. The fourth-order valence-corrected chi connectivity index (χ4v) is 2.83. The number of hydrogen-bond donors (Lipinski definition) is 1. The second-order valence-electron chi connectivity index (χ2n) is 5.64. The number of amides is 1. The monoisotopic (exact) mass is 311 g/mol. The van der Waals surface area contributed by atoms with E-state index in [1.807, 2.05) is 47.4 Å². The highest BCUT2D eigenvalue weighted by Gasteiger charge is 2.25. The van der Waals surface area contributed by atoms with Crippen molar-refractivity contribution in [3.63, 3.8) is 0 Å². The predicted octanol–water partition coefficient (Wildman–Crippen LogP) is 1.22. The van der Waals surface area contributed by atoms with E-state index in [9.17, 15) is 4.79 Å². The lowest BCUT2D eigenvalue weighted by molar-refractivity contribution is -0.132. The first-order valence-corrected chi connectivity index (χ1v) is 7.87. The number of nitrogens with zero attached hydrogens (tertiary/aromatic N) is 4. The first kappa shape index (κ1) is 15.4. The summed E-state index contributed by atoms with van der Waals surface area (Å²) in [6.07, 6.45) is 2.56. The molecule has 1 aliphatic heterocycles. The van der Waals surface area contributed by atoms with E-state index in [4.69, 9.17) is 5.73 Å². The minimum absolute atomic E-state index is 0.0165. The summed E-state index contributed by atoms with van der Waals surface area (Å²) in [5.74, 6) is 0.839. The number of rotatable bonds is 3. The average molecular weight is 311 g/mol. The predicted molar refractivity (Wildman–Crippen MR) is 88.8 cm³/mol. The molecule has 1 aromatic heterocycles. The van der Waals surface area contributed by atoms with E-state index in [-0.39, 0.29) is 5.91 Å². The van der Waals surface area contributed by atoms with Gasteiger partial charge in [0.05, 0.1) is 0 Å². The molecule has 2 N–H and O–H groups in total. The lowest BCUT2D eigenvalue weighted by Gasteiger charge is -2.25. The van der Waals surface area contributed by atoms with Crippen LogP contribution in [-0.2, 0) is 4.79 Å². The van der Waals surface area contributed by atoms with Crippen LogP contribution < -0.4 is 10.6 Å². The van der Waals surface area contributed by atoms with E-state index >= 15 is 0 Å². The molecule has 1 aromatic carbocycles. The molecule has 0 spiro atoms. The topological polar surface area (TPSA) is 75.4 Å². The van der Waals surface area contributed by atoms with Crippen LogP contribution in [0.3, 0.4) is 0 Å². The van der Waals surface area contributed by atoms with E-state index in [1.165, 1.54) is 0 Å². The Kier molecular flexibility index (Phi) is 4.83. The maximum Gasteiger partial charge on any atom is 0.244 e. The number of nitrogens with two attached hydrogens (primary N) is 1. The van der Waals surface area contributed by atoms with Gasteiger partial charge in [-0.05, 0) is 24.1 Å². The molecule has 1 aliphatic rings. The Hall–Kier alpha value is -2.47. The summed E-state index contributed by atoms with van der Waals surface area (Å²) in [6, 6.07) is 12.7. The Labute approximate surface area is 135 Å². The summed E-state index contributed by atoms with van der Waals surface area (Å²) in [7, 11) is 0. The van der Waals surface area contributed by atoms with E-state index in [1.54, 1.807) is 6.20 Å². The molecule has 23 heavy (non-hydrogen) atoms. The highest BCUT2D eigenvalue weighted by molar-refractivity contribution is 5.83. The third-order valence-corrected chi connectivity index (χ3v) is 4.11. The maximum atomic E-state index is 12.6. The zero-order valence-electron chi connectivity index (χ0n) is 13.0. The number of benzene rings is 1. The van der Waals surface area contributed by atoms with Gasteiger partial charge in [-0.3, -0.25) is 4.79 Å². The van der Waals surface area contributed by atoms with E-state index < -0.39 is 6.04 Å². The van der Waals surface area contributed by atoms with Crippen LogP contribution in [0.5, 0.6) is 0 Å². The third-order valence-electron chi connectivity index (χ3n) is 4.11. The van der Waals surface area contributed by atoms with Gasteiger partial charge in [0.1, 0.15) is 6.04 Å². The van der Waals surface area contributed by atoms with Crippen LogP contribution in [0.1, 0.15) is 18.0 Å². The van der Waals surface area contributed by atoms with Gasteiger partial charge in [-0.2, -0.15) is 5.10 Å². The van der Waals surface area contributed by atoms with Gasteiger partial charge in [0.15, 0.2) is 5.82 Å². The minimum Gasteiger partial charge on any atom is -0.353 e. The molecular weight excluding hydrogens is 290 g/mol. The molecule has 0 aliphatic carbocycles. The largest absolute Gasteiger partial charge is 0.353 e. The van der Waals surface area contributed by atoms with Crippen molar-refractivity contribution < 1.29 is 4.79 Å². The molecule has 1 atom stereocenters. The first-order chi connectivity index (χ1) is 11.3. The van der Waals surface area contributed by atoms with Crippen LogP contribution >= 0.6 is 0 Å². The molecule has 0 saturated carbocycles. The van der Waals surface area contributed by atoms with Gasteiger partial charge in [-0.15, -0.1) is 5.10 Å². The Balaban J connectivity index is 1.65. The quantitative estimate of drug-likeness (QED) is 0.922. The molecule has 1 saturated heterocycles. The minimum atomic E-state index is -0.598. The number of anilines is 1. The molecule has 3 rings (SSSR count). The van der Waals surface area contributed by atoms with Crippen LogP contribution in [0.25, 0.3) is 0 Å². The number of carbonyl (C=O) groups is 1. The molecule has 1 unspecified atom stereocenters. The lowest BCUT2D eigenvalue weighted by Crippen LogP contribution is -2.40. The van der Waals surface area contributed by atoms with Gasteiger partial charge in [-0.25, -0.2) is 0 Å². The number of aromatic nitrogens is 2. The van der Waals surface area contributed by atoms with Crippen molar-refractivity contribution in [3.8, 4) is 0 Å². The number of hydrogen-bond acceptors (Lipinski definition) is 5. The van der Waals surface area contributed by atoms with E-state index in [0.29, 0.717) is 6.54 Å². The summed E-state index contributed by atoms with van der Waals surface area (Å²) >= 11 is 0. The summed E-state index contributed by atoms with van der Waals surface area (Å²) < 4.78 is 0. The number of carbonyl (C=O) groups excluding carboxylic acids is 1. The summed E-state index contributed by atoms with van der Waals surface area (Å²) in [6.45, 7) is 2.97. The van der Waals surface area contributed by atoms with Gasteiger partial charge < -0.3 is 15.5 Å². The second-order valence-corrected chi connectivity index (χ2v) is 5.64. The van der Waals surface area contributed by atoms with Crippen LogP contribution in [0.2, 0.25) is 0 Å². The van der Waals surface area contributed by atoms with E-state index in [2.05, 4.69) is 15.1 Å². The first-order valence-electron chi connectivity index (χ1n) is 7.87. The second kappa shape index (κ2) is 7.19. The fraction of sp³-hybridized carbons (Fsp3) is 0.353. The maximum absolute atomic E-state index is 12.6. The highest BCUT2D eigenvalue weighted by atomic mass is 16.2. The van der Waals surface area contributed by atoms with Gasteiger partial charge in [0.2, 0.25) is 5.91 Å². The lowest BCUT2D eigenvalue weighted by atomic mass is 10.1. The molecule has 2 aromatic rings. The molecular formula is C17H21N5O. The van der Waals surface area contributed by atoms with E-state index in [0.717, 1.165) is 37.4 Å². The zero-order chi connectivity index (χ0) is 16.1. The molecule has 2 heterocycles. The van der Waals surface area contributed by atoms with Crippen molar-refractivity contribution >= 4 is 11.7 Å². The van der Waals surface area contributed by atoms with Crippen molar-refractivity contribution in [3.05, 3.63) is 54.2 Å². The highest BCUT2D eigenvalue weighted by Crippen LogP contribution is 2.16. The molecule has 0 bridgehead atoms. The molecule has 1 fully saturated rings. The van der Waals surface area contributed by atoms with Crippen LogP contribution in [0, 0.1) is 0 Å². The normalized spacial score (nSPS) is 16.7. The van der Waals surface area contributed by atoms with Crippen molar-refractivity contribution in [2.45, 2.75) is 12.5 Å². The summed E-state index contributed by atoms with van der Waals surface area (Å²) in [4.78, 5) is 16.7. The Bertz CT molecular complexity index is 634. The van der Waals surface area contributed by atoms with Crippen LogP contribution in [0.15, 0.2) is 48.7 Å². The van der Waals surface area contributed by atoms with Gasteiger partial charge in [0.25, 0.3) is 0 Å². The Morgan fingerprint density at radius 2 is 1.87 bits per heavy atom. The Morgan fingerprint density at radius 1 is 1.04 bits per heavy atom. The average Bonchev–Trinajstić information content (AvgIpc) is 2.88. The molecule has 6 nitrogen and oxygen atoms in total. The molecule has 6 heteroatoms. The van der Waals surface area contributed by atoms with Crippen molar-refractivity contribution in [2.75, 3.05) is 31.1 Å². The van der Waals surface area contributed by atoms with Crippen molar-refractivity contribution in [2.24, 2.45) is 5.73 Å². The smallest absolute Gasteiger partial charge is 0.244 e. The van der Waals surface area contributed by atoms with Crippen molar-refractivity contribution in [1.82, 2.24) is 15.1 Å². The van der Waals surface area contributed by atoms with Crippen molar-refractivity contribution in [1.29, 1.82) is 0 Å². The third kappa shape index (κ3) is 3.65. The Morgan fingerprint density at radius 3 is 2.61 bits per heavy atom. The summed E-state index contributed by atoms with van der Waals surface area (Å²) in [5.41, 5.74) is 6.99. The SMILES string of the molecule is NC(C(=O)N1CCCN(c2cccnn2)CC1)c1ccccc1. The molecule has 120 valence electrons.